The summed E-state index contributed by atoms with van der Waals surface area (Å²) in [5, 5.41) is 19.5. The van der Waals surface area contributed by atoms with E-state index in [0.717, 1.165) is 0 Å². The van der Waals surface area contributed by atoms with Gasteiger partial charge in [-0.15, -0.1) is 5.10 Å². The van der Waals surface area contributed by atoms with Crippen LogP contribution < -0.4 is 5.73 Å². The summed E-state index contributed by atoms with van der Waals surface area (Å²) in [6, 6.07) is 1.56. The minimum absolute atomic E-state index is 0.0737. The van der Waals surface area contributed by atoms with Crippen LogP contribution in [0.3, 0.4) is 0 Å². The number of aryl methyl sites for hydroxylation is 1. The molecule has 0 aliphatic heterocycles. The predicted octanol–water partition coefficient (Wildman–Crippen LogP) is 1.41. The lowest BCUT2D eigenvalue weighted by Crippen LogP contribution is -2.14. The number of aromatic nitrogens is 4. The van der Waals surface area contributed by atoms with Crippen molar-refractivity contribution in [1.82, 2.24) is 20.2 Å². The zero-order valence-corrected chi connectivity index (χ0v) is 10.8. The second-order valence-corrected chi connectivity index (χ2v) is 4.60. The van der Waals surface area contributed by atoms with Gasteiger partial charge in [-0.05, 0) is 24.8 Å². The first-order chi connectivity index (χ1) is 8.61. The Balaban J connectivity index is 2.34. The highest BCUT2D eigenvalue weighted by Gasteiger charge is 2.14. The van der Waals surface area contributed by atoms with Crippen molar-refractivity contribution in [3.05, 3.63) is 28.7 Å². The molecule has 9 heteroatoms. The monoisotopic (exact) mass is 284 g/mol. The zero-order valence-electron chi connectivity index (χ0n) is 9.25. The molecule has 0 radical (unpaired) electrons. The molecule has 0 unspecified atom stereocenters. The van der Waals surface area contributed by atoms with Crippen molar-refractivity contribution < 1.29 is 5.21 Å². The molecule has 2 aromatic rings. The maximum Gasteiger partial charge on any atom is 0.214 e. The van der Waals surface area contributed by atoms with Crippen molar-refractivity contribution in [2.45, 2.75) is 17.1 Å². The fourth-order valence-corrected chi connectivity index (χ4v) is 2.29. The summed E-state index contributed by atoms with van der Waals surface area (Å²) < 4.78 is 0. The Labute approximate surface area is 111 Å². The van der Waals surface area contributed by atoms with Crippen LogP contribution in [0.15, 0.2) is 27.6 Å². The molecule has 2 rings (SSSR count). The Hall–Kier alpha value is -1.80. The van der Waals surface area contributed by atoms with Gasteiger partial charge < -0.3 is 10.9 Å². The molecule has 94 valence electrons. The lowest BCUT2D eigenvalue weighted by Gasteiger charge is -2.05. The van der Waals surface area contributed by atoms with E-state index in [2.05, 4.69) is 25.3 Å². The number of oxime groups is 1. The minimum Gasteiger partial charge on any atom is -0.409 e. The predicted molar refractivity (Wildman–Crippen MR) is 67.0 cm³/mol. The molecule has 0 spiro atoms. The van der Waals surface area contributed by atoms with Crippen LogP contribution in [0.1, 0.15) is 11.4 Å². The fourth-order valence-electron chi connectivity index (χ4n) is 1.20. The zero-order chi connectivity index (χ0) is 13.1. The first-order valence-corrected chi connectivity index (χ1v) is 6.00. The number of rotatable bonds is 3. The highest BCUT2D eigenvalue weighted by atomic mass is 35.5. The average Bonchev–Trinajstić information content (AvgIpc) is 2.76. The lowest BCUT2D eigenvalue weighted by atomic mass is 10.2. The minimum atomic E-state index is -0.0737. The van der Waals surface area contributed by atoms with E-state index in [1.807, 2.05) is 0 Å². The van der Waals surface area contributed by atoms with Crippen LogP contribution in [0.4, 0.5) is 0 Å². The third-order valence-electron chi connectivity index (χ3n) is 2.01. The summed E-state index contributed by atoms with van der Waals surface area (Å²) in [6.45, 7) is 1.79. The van der Waals surface area contributed by atoms with Crippen LogP contribution in [0, 0.1) is 6.92 Å². The van der Waals surface area contributed by atoms with Crippen molar-refractivity contribution in [2.24, 2.45) is 10.9 Å². The largest absolute Gasteiger partial charge is 0.409 e. The van der Waals surface area contributed by atoms with E-state index in [4.69, 9.17) is 22.5 Å². The third kappa shape index (κ3) is 2.54. The molecule has 0 saturated carbocycles. The van der Waals surface area contributed by atoms with E-state index >= 15 is 0 Å². The number of halogens is 1. The number of nitrogens with zero attached hydrogens (tertiary/aromatic N) is 4. The SMILES string of the molecule is Cc1nc(Sc2nccc(/C(N)=N/O)c2Cl)n[nH]1. The van der Waals surface area contributed by atoms with E-state index in [1.54, 1.807) is 13.0 Å². The molecule has 0 atom stereocenters. The molecule has 0 fully saturated rings. The molecule has 0 aliphatic rings. The highest BCUT2D eigenvalue weighted by Crippen LogP contribution is 2.31. The molecule has 7 nitrogen and oxygen atoms in total. The fraction of sp³-hybridized carbons (Fsp3) is 0.111. The number of hydrogen-bond donors (Lipinski definition) is 3. The Bertz CT molecular complexity index is 598. The van der Waals surface area contributed by atoms with Gasteiger partial charge in [0.15, 0.2) is 5.84 Å². The van der Waals surface area contributed by atoms with Crippen molar-refractivity contribution in [3.63, 3.8) is 0 Å². The maximum atomic E-state index is 8.64. The molecule has 2 heterocycles. The highest BCUT2D eigenvalue weighted by molar-refractivity contribution is 7.99. The van der Waals surface area contributed by atoms with Gasteiger partial charge in [0.2, 0.25) is 5.16 Å². The molecule has 4 N–H and O–H groups in total. The van der Waals surface area contributed by atoms with E-state index in [0.29, 0.717) is 26.6 Å². The van der Waals surface area contributed by atoms with Gasteiger partial charge in [0.1, 0.15) is 10.9 Å². The molecule has 0 aromatic carbocycles. The van der Waals surface area contributed by atoms with Gasteiger partial charge in [0.25, 0.3) is 0 Å². The van der Waals surface area contributed by atoms with Gasteiger partial charge in [0, 0.05) is 11.8 Å². The number of amidine groups is 1. The summed E-state index contributed by atoms with van der Waals surface area (Å²) in [5.74, 6) is 0.622. The molecule has 0 aliphatic carbocycles. The lowest BCUT2D eigenvalue weighted by molar-refractivity contribution is 0.318. The van der Waals surface area contributed by atoms with Crippen LogP contribution in [-0.2, 0) is 0 Å². The number of hydrogen-bond acceptors (Lipinski definition) is 6. The molecule has 0 bridgehead atoms. The summed E-state index contributed by atoms with van der Waals surface area (Å²) in [7, 11) is 0. The van der Waals surface area contributed by atoms with Crippen LogP contribution in [0.25, 0.3) is 0 Å². The van der Waals surface area contributed by atoms with E-state index in [-0.39, 0.29) is 5.84 Å². The van der Waals surface area contributed by atoms with Gasteiger partial charge in [-0.25, -0.2) is 9.97 Å². The van der Waals surface area contributed by atoms with Gasteiger partial charge in [-0.1, -0.05) is 16.8 Å². The normalized spacial score (nSPS) is 11.8. The Morgan fingerprint density at radius 2 is 2.39 bits per heavy atom. The second-order valence-electron chi connectivity index (χ2n) is 3.27. The molecular weight excluding hydrogens is 276 g/mol. The molecule has 0 amide bonds. The first kappa shape index (κ1) is 12.7. The van der Waals surface area contributed by atoms with E-state index in [9.17, 15) is 0 Å². The smallest absolute Gasteiger partial charge is 0.214 e. The van der Waals surface area contributed by atoms with E-state index in [1.165, 1.54) is 18.0 Å². The van der Waals surface area contributed by atoms with Crippen LogP contribution in [-0.4, -0.2) is 31.2 Å². The second kappa shape index (κ2) is 5.23. The molecule has 18 heavy (non-hydrogen) atoms. The van der Waals surface area contributed by atoms with E-state index < -0.39 is 0 Å². The molecular formula is C9H9ClN6OS. The summed E-state index contributed by atoms with van der Waals surface area (Å²) in [4.78, 5) is 8.23. The summed E-state index contributed by atoms with van der Waals surface area (Å²) >= 11 is 7.31. The molecule has 2 aromatic heterocycles. The van der Waals surface area contributed by atoms with Crippen molar-refractivity contribution >= 4 is 29.2 Å². The number of pyridine rings is 1. The van der Waals surface area contributed by atoms with Crippen LogP contribution in [0.5, 0.6) is 0 Å². The first-order valence-electron chi connectivity index (χ1n) is 4.81. The number of H-pyrrole nitrogens is 1. The van der Waals surface area contributed by atoms with Gasteiger partial charge in [-0.3, -0.25) is 5.10 Å². The number of nitrogens with one attached hydrogen (secondary N) is 1. The Kier molecular flexibility index (Phi) is 3.68. The van der Waals surface area contributed by atoms with Crippen molar-refractivity contribution in [1.29, 1.82) is 0 Å². The topological polar surface area (TPSA) is 113 Å². The van der Waals surface area contributed by atoms with Crippen molar-refractivity contribution in [3.8, 4) is 0 Å². The number of aromatic amines is 1. The average molecular weight is 285 g/mol. The molecule has 0 saturated heterocycles. The standard InChI is InChI=1S/C9H9ClN6OS/c1-4-13-9(15-14-4)18-8-6(10)5(2-3-12-8)7(11)16-17/h2-3,17H,1H3,(H2,11,16)(H,13,14,15). The van der Waals surface area contributed by atoms with Crippen LogP contribution >= 0.6 is 23.4 Å². The van der Waals surface area contributed by atoms with Gasteiger partial charge >= 0.3 is 0 Å². The quantitative estimate of drug-likeness (QED) is 0.340. The van der Waals surface area contributed by atoms with Crippen LogP contribution in [0.2, 0.25) is 5.02 Å². The van der Waals surface area contributed by atoms with Crippen molar-refractivity contribution in [2.75, 3.05) is 0 Å². The van der Waals surface area contributed by atoms with Gasteiger partial charge in [-0.2, -0.15) is 0 Å². The maximum absolute atomic E-state index is 8.64. The summed E-state index contributed by atoms with van der Waals surface area (Å²) in [5.41, 5.74) is 5.91. The van der Waals surface area contributed by atoms with Gasteiger partial charge in [0.05, 0.1) is 5.02 Å². The Morgan fingerprint density at radius 3 is 3.00 bits per heavy atom. The number of nitrogens with two attached hydrogens (primary N) is 1. The Morgan fingerprint density at radius 1 is 1.61 bits per heavy atom. The third-order valence-corrected chi connectivity index (χ3v) is 3.37. The summed E-state index contributed by atoms with van der Waals surface area (Å²) in [6.07, 6.45) is 1.51.